The molecule has 0 saturated heterocycles. The Bertz CT molecular complexity index is 478. The summed E-state index contributed by atoms with van der Waals surface area (Å²) in [6.07, 6.45) is 7.07. The van der Waals surface area contributed by atoms with Gasteiger partial charge >= 0.3 is 0 Å². The lowest BCUT2D eigenvalue weighted by molar-refractivity contribution is -0.400. The number of hydrogen-bond donors (Lipinski definition) is 0. The highest BCUT2D eigenvalue weighted by atomic mass is 16.6. The van der Waals surface area contributed by atoms with Gasteiger partial charge in [0.25, 0.3) is 0 Å². The molecule has 0 N–H and O–H groups in total. The first-order valence-corrected chi connectivity index (χ1v) is 6.35. The van der Waals surface area contributed by atoms with Gasteiger partial charge in [-0.3, -0.25) is 10.1 Å². The van der Waals surface area contributed by atoms with Gasteiger partial charge in [0, 0.05) is 6.08 Å². The number of rotatable bonds is 5. The lowest BCUT2D eigenvalue weighted by Gasteiger charge is -2.16. The quantitative estimate of drug-likeness (QED) is 0.604. The molecule has 2 rings (SSSR count). The fourth-order valence-electron chi connectivity index (χ4n) is 2.22. The predicted molar refractivity (Wildman–Crippen MR) is 71.9 cm³/mol. The number of nitro groups is 1. The van der Waals surface area contributed by atoms with E-state index < -0.39 is 4.92 Å². The maximum atomic E-state index is 10.3. The molecule has 0 radical (unpaired) electrons. The highest BCUT2D eigenvalue weighted by Crippen LogP contribution is 2.32. The third-order valence-electron chi connectivity index (χ3n) is 3.17. The van der Waals surface area contributed by atoms with E-state index in [1.54, 1.807) is 25.3 Å². The molecule has 5 nitrogen and oxygen atoms in total. The largest absolute Gasteiger partial charge is 0.493 e. The van der Waals surface area contributed by atoms with Crippen LogP contribution < -0.4 is 9.47 Å². The lowest BCUT2D eigenvalue weighted by atomic mass is 10.2. The highest BCUT2D eigenvalue weighted by molar-refractivity contribution is 5.55. The second-order valence-electron chi connectivity index (χ2n) is 4.54. The number of benzene rings is 1. The number of nitrogens with zero attached hydrogens (tertiary/aromatic N) is 1. The molecule has 0 bridgehead atoms. The van der Waals surface area contributed by atoms with Crippen molar-refractivity contribution in [3.05, 3.63) is 40.1 Å². The molecule has 1 fully saturated rings. The molecule has 0 aliphatic heterocycles. The lowest BCUT2D eigenvalue weighted by Crippen LogP contribution is -2.11. The fourth-order valence-corrected chi connectivity index (χ4v) is 2.22. The van der Waals surface area contributed by atoms with E-state index in [2.05, 4.69) is 0 Å². The minimum Gasteiger partial charge on any atom is -0.493 e. The van der Waals surface area contributed by atoms with Gasteiger partial charge in [-0.2, -0.15) is 0 Å². The van der Waals surface area contributed by atoms with E-state index >= 15 is 0 Å². The Balaban J connectivity index is 2.17. The summed E-state index contributed by atoms with van der Waals surface area (Å²) in [6.45, 7) is 0. The molecule has 5 heteroatoms. The molecule has 1 aromatic rings. The molecular formula is C14H17NO4. The second kappa shape index (κ2) is 6.22. The van der Waals surface area contributed by atoms with Crippen molar-refractivity contribution >= 4 is 6.08 Å². The first-order valence-electron chi connectivity index (χ1n) is 6.35. The number of hydrogen-bond acceptors (Lipinski definition) is 4. The predicted octanol–water partition coefficient (Wildman–Crippen LogP) is 3.26. The molecule has 0 unspecified atom stereocenters. The van der Waals surface area contributed by atoms with Crippen LogP contribution >= 0.6 is 0 Å². The van der Waals surface area contributed by atoms with Gasteiger partial charge in [0.1, 0.15) is 0 Å². The summed E-state index contributed by atoms with van der Waals surface area (Å²) in [5.74, 6) is 1.31. The standard InChI is InChI=1S/C14H17NO4/c1-18-13-7-6-11(8-9-15(16)17)10-14(13)19-12-4-2-3-5-12/h6-10,12H,2-5H2,1H3/b9-8+. The van der Waals surface area contributed by atoms with Crippen LogP contribution in [0.4, 0.5) is 0 Å². The zero-order chi connectivity index (χ0) is 13.7. The normalized spacial score (nSPS) is 15.8. The Kier molecular flexibility index (Phi) is 4.39. The second-order valence-corrected chi connectivity index (χ2v) is 4.54. The van der Waals surface area contributed by atoms with Crippen LogP contribution in [-0.4, -0.2) is 18.1 Å². The summed E-state index contributed by atoms with van der Waals surface area (Å²) in [5.41, 5.74) is 0.727. The van der Waals surface area contributed by atoms with Crippen LogP contribution in [0.3, 0.4) is 0 Å². The molecule has 19 heavy (non-hydrogen) atoms. The molecule has 0 atom stereocenters. The highest BCUT2D eigenvalue weighted by Gasteiger charge is 2.18. The van der Waals surface area contributed by atoms with Crippen molar-refractivity contribution in [1.29, 1.82) is 0 Å². The van der Waals surface area contributed by atoms with Gasteiger partial charge in [0.15, 0.2) is 11.5 Å². The van der Waals surface area contributed by atoms with Gasteiger partial charge in [-0.05, 0) is 43.4 Å². The molecule has 1 aromatic carbocycles. The monoisotopic (exact) mass is 263 g/mol. The topological polar surface area (TPSA) is 61.6 Å². The van der Waals surface area contributed by atoms with E-state index in [1.807, 2.05) is 0 Å². The van der Waals surface area contributed by atoms with Crippen molar-refractivity contribution in [2.75, 3.05) is 7.11 Å². The first kappa shape index (κ1) is 13.4. The van der Waals surface area contributed by atoms with Gasteiger partial charge < -0.3 is 9.47 Å². The van der Waals surface area contributed by atoms with Crippen molar-refractivity contribution in [3.63, 3.8) is 0 Å². The summed E-state index contributed by atoms with van der Waals surface area (Å²) >= 11 is 0. The Morgan fingerprint density at radius 3 is 2.68 bits per heavy atom. The molecule has 1 aliphatic rings. The van der Waals surface area contributed by atoms with Crippen molar-refractivity contribution in [3.8, 4) is 11.5 Å². The Labute approximate surface area is 112 Å². The maximum absolute atomic E-state index is 10.3. The Morgan fingerprint density at radius 1 is 1.32 bits per heavy atom. The van der Waals surface area contributed by atoms with E-state index in [1.165, 1.54) is 18.9 Å². The summed E-state index contributed by atoms with van der Waals surface area (Å²) in [4.78, 5) is 9.84. The zero-order valence-corrected chi connectivity index (χ0v) is 10.9. The molecule has 1 saturated carbocycles. The van der Waals surface area contributed by atoms with Crippen LogP contribution in [0.5, 0.6) is 11.5 Å². The summed E-state index contributed by atoms with van der Waals surface area (Å²) in [7, 11) is 1.59. The summed E-state index contributed by atoms with van der Waals surface area (Å²) in [5, 5.41) is 10.3. The van der Waals surface area contributed by atoms with Crippen molar-refractivity contribution in [2.24, 2.45) is 0 Å². The zero-order valence-electron chi connectivity index (χ0n) is 10.9. The van der Waals surface area contributed by atoms with E-state index in [-0.39, 0.29) is 6.10 Å². The minimum absolute atomic E-state index is 0.226. The Morgan fingerprint density at radius 2 is 2.05 bits per heavy atom. The van der Waals surface area contributed by atoms with E-state index in [9.17, 15) is 10.1 Å². The summed E-state index contributed by atoms with van der Waals surface area (Å²) < 4.78 is 11.2. The van der Waals surface area contributed by atoms with Gasteiger partial charge in [-0.25, -0.2) is 0 Å². The molecule has 0 amide bonds. The molecule has 0 aromatic heterocycles. The van der Waals surface area contributed by atoms with Crippen LogP contribution in [-0.2, 0) is 0 Å². The van der Waals surface area contributed by atoms with Crippen molar-refractivity contribution in [2.45, 2.75) is 31.8 Å². The summed E-state index contributed by atoms with van der Waals surface area (Å²) in [6, 6.07) is 5.31. The fraction of sp³-hybridized carbons (Fsp3) is 0.429. The van der Waals surface area contributed by atoms with E-state index in [0.29, 0.717) is 11.5 Å². The molecule has 102 valence electrons. The number of ether oxygens (including phenoxy) is 2. The van der Waals surface area contributed by atoms with Gasteiger partial charge in [0.05, 0.1) is 18.1 Å². The third kappa shape index (κ3) is 3.71. The molecule has 1 aliphatic carbocycles. The van der Waals surface area contributed by atoms with Crippen LogP contribution in [0, 0.1) is 10.1 Å². The van der Waals surface area contributed by atoms with Crippen molar-refractivity contribution in [1.82, 2.24) is 0 Å². The van der Waals surface area contributed by atoms with Crippen LogP contribution in [0.15, 0.2) is 24.4 Å². The molecule has 0 spiro atoms. The maximum Gasteiger partial charge on any atom is 0.235 e. The third-order valence-corrected chi connectivity index (χ3v) is 3.17. The molecule has 0 heterocycles. The van der Waals surface area contributed by atoms with Crippen molar-refractivity contribution < 1.29 is 14.4 Å². The average molecular weight is 263 g/mol. The average Bonchev–Trinajstić information content (AvgIpc) is 2.89. The van der Waals surface area contributed by atoms with E-state index in [0.717, 1.165) is 24.6 Å². The Hall–Kier alpha value is -2.04. The van der Waals surface area contributed by atoms with Crippen LogP contribution in [0.25, 0.3) is 6.08 Å². The van der Waals surface area contributed by atoms with Crippen LogP contribution in [0.1, 0.15) is 31.2 Å². The van der Waals surface area contributed by atoms with Gasteiger partial charge in [-0.1, -0.05) is 6.07 Å². The first-order chi connectivity index (χ1) is 9.19. The molecular weight excluding hydrogens is 246 g/mol. The van der Waals surface area contributed by atoms with E-state index in [4.69, 9.17) is 9.47 Å². The smallest absolute Gasteiger partial charge is 0.235 e. The number of methoxy groups -OCH3 is 1. The van der Waals surface area contributed by atoms with Crippen LogP contribution in [0.2, 0.25) is 0 Å². The van der Waals surface area contributed by atoms with Gasteiger partial charge in [0.2, 0.25) is 6.20 Å². The minimum atomic E-state index is -0.484. The van der Waals surface area contributed by atoms with Gasteiger partial charge in [-0.15, -0.1) is 0 Å². The SMILES string of the molecule is COc1ccc(/C=C/[N+](=O)[O-])cc1OC1CCCC1.